The summed E-state index contributed by atoms with van der Waals surface area (Å²) >= 11 is 3.33. The molecule has 0 aliphatic carbocycles. The van der Waals surface area contributed by atoms with Crippen LogP contribution in [0, 0.1) is 12.8 Å². The Morgan fingerprint density at radius 2 is 2.00 bits per heavy atom. The first-order valence-electron chi connectivity index (χ1n) is 7.98. The van der Waals surface area contributed by atoms with Gasteiger partial charge in [0.1, 0.15) is 0 Å². The lowest BCUT2D eigenvalue weighted by Crippen LogP contribution is -3.13. The molecule has 0 atom stereocenters. The summed E-state index contributed by atoms with van der Waals surface area (Å²) in [5.74, 6) is 0.849. The zero-order valence-electron chi connectivity index (χ0n) is 13.4. The van der Waals surface area contributed by atoms with Gasteiger partial charge in [0.15, 0.2) is 0 Å². The summed E-state index contributed by atoms with van der Waals surface area (Å²) in [5, 5.41) is 0. The Morgan fingerprint density at radius 1 is 1.32 bits per heavy atom. The van der Waals surface area contributed by atoms with E-state index in [0.29, 0.717) is 11.4 Å². The lowest BCUT2D eigenvalue weighted by atomic mass is 9.99. The van der Waals surface area contributed by atoms with E-state index in [0.717, 1.165) is 28.9 Å². The van der Waals surface area contributed by atoms with Crippen LogP contribution in [-0.4, -0.2) is 34.6 Å². The van der Waals surface area contributed by atoms with E-state index in [1.165, 1.54) is 25.9 Å². The molecule has 1 aliphatic heterocycles. The molecule has 124 valence electrons. The quantitative estimate of drug-likeness (QED) is 0.728. The van der Waals surface area contributed by atoms with Crippen LogP contribution in [-0.2, 0) is 10.0 Å². The van der Waals surface area contributed by atoms with E-state index >= 15 is 0 Å². The lowest BCUT2D eigenvalue weighted by molar-refractivity contribution is -0.906. The molecule has 4 nitrogen and oxygen atoms in total. The van der Waals surface area contributed by atoms with Gasteiger partial charge >= 0.3 is 0 Å². The molecular formula is C16H26BrN2O2S+. The highest BCUT2D eigenvalue weighted by Crippen LogP contribution is 2.20. The van der Waals surface area contributed by atoms with Crippen LogP contribution in [0.3, 0.4) is 0 Å². The lowest BCUT2D eigenvalue weighted by Gasteiger charge is -2.27. The van der Waals surface area contributed by atoms with Gasteiger partial charge in [-0.2, -0.15) is 0 Å². The Balaban J connectivity index is 1.82. The van der Waals surface area contributed by atoms with Gasteiger partial charge in [-0.15, -0.1) is 0 Å². The normalized spacial score (nSPS) is 22.7. The van der Waals surface area contributed by atoms with Crippen LogP contribution in [0.1, 0.15) is 31.7 Å². The highest BCUT2D eigenvalue weighted by atomic mass is 79.9. The molecule has 0 aromatic heterocycles. The molecule has 22 heavy (non-hydrogen) atoms. The summed E-state index contributed by atoms with van der Waals surface area (Å²) in [6, 6.07) is 5.34. The molecule has 2 N–H and O–H groups in total. The molecule has 0 unspecified atom stereocenters. The fourth-order valence-corrected chi connectivity index (χ4v) is 4.76. The molecule has 1 heterocycles. The van der Waals surface area contributed by atoms with E-state index in [9.17, 15) is 8.42 Å². The fraction of sp³-hybridized carbons (Fsp3) is 0.625. The number of quaternary nitrogens is 1. The van der Waals surface area contributed by atoms with Crippen molar-refractivity contribution in [3.05, 3.63) is 28.2 Å². The van der Waals surface area contributed by atoms with E-state index in [1.807, 2.05) is 19.1 Å². The van der Waals surface area contributed by atoms with Gasteiger partial charge in [-0.3, -0.25) is 0 Å². The number of nitrogens with one attached hydrogen (secondary N) is 2. The van der Waals surface area contributed by atoms with Crippen molar-refractivity contribution < 1.29 is 13.3 Å². The topological polar surface area (TPSA) is 50.6 Å². The van der Waals surface area contributed by atoms with E-state index in [2.05, 4.69) is 27.6 Å². The first-order chi connectivity index (χ1) is 10.4. The molecule has 1 saturated heterocycles. The number of likely N-dealkylation sites (tertiary alicyclic amines) is 1. The maximum atomic E-state index is 12.4. The Hall–Kier alpha value is -0.430. The first-order valence-corrected chi connectivity index (χ1v) is 10.3. The van der Waals surface area contributed by atoms with Crippen LogP contribution in [0.2, 0.25) is 0 Å². The number of piperidine rings is 1. The van der Waals surface area contributed by atoms with Gasteiger partial charge < -0.3 is 4.90 Å². The Bertz CT molecular complexity index is 596. The summed E-state index contributed by atoms with van der Waals surface area (Å²) in [4.78, 5) is 1.97. The minimum atomic E-state index is -3.41. The molecular weight excluding hydrogens is 364 g/mol. The minimum Gasteiger partial charge on any atom is -0.335 e. The van der Waals surface area contributed by atoms with Crippen molar-refractivity contribution in [2.24, 2.45) is 5.92 Å². The number of aryl methyl sites for hydroxylation is 1. The largest absolute Gasteiger partial charge is 0.335 e. The van der Waals surface area contributed by atoms with Crippen molar-refractivity contribution in [2.75, 3.05) is 26.2 Å². The zero-order chi connectivity index (χ0) is 16.2. The molecule has 0 amide bonds. The van der Waals surface area contributed by atoms with Gasteiger partial charge in [0.2, 0.25) is 10.0 Å². The summed E-state index contributed by atoms with van der Waals surface area (Å²) in [5.41, 5.74) is 0.770. The molecule has 1 aliphatic rings. The van der Waals surface area contributed by atoms with Crippen molar-refractivity contribution in [1.29, 1.82) is 0 Å². The number of sulfonamides is 1. The Morgan fingerprint density at radius 3 is 2.68 bits per heavy atom. The molecule has 0 radical (unpaired) electrons. The second kappa shape index (κ2) is 7.90. The maximum absolute atomic E-state index is 12.4. The van der Waals surface area contributed by atoms with Gasteiger partial charge in [-0.25, -0.2) is 13.1 Å². The van der Waals surface area contributed by atoms with Crippen molar-refractivity contribution in [3.8, 4) is 0 Å². The number of hydrogen-bond acceptors (Lipinski definition) is 2. The molecule has 1 aromatic carbocycles. The smallest absolute Gasteiger partial charge is 0.240 e. The standard InChI is InChI=1S/C16H25BrN2O2S/c1-13-6-10-19(11-7-13)9-3-8-18-22(20,21)16-12-15(17)5-4-14(16)2/h4-5,12-13,18H,3,6-11H2,1-2H3/p+1. The fourth-order valence-electron chi connectivity index (χ4n) is 2.91. The number of halogens is 1. The van der Waals surface area contributed by atoms with Crippen molar-refractivity contribution in [1.82, 2.24) is 4.72 Å². The van der Waals surface area contributed by atoms with Gasteiger partial charge in [-0.1, -0.05) is 28.9 Å². The predicted molar refractivity (Wildman–Crippen MR) is 92.6 cm³/mol. The average molecular weight is 390 g/mol. The van der Waals surface area contributed by atoms with E-state index in [4.69, 9.17) is 0 Å². The molecule has 0 bridgehead atoms. The molecule has 1 aromatic rings. The highest BCUT2D eigenvalue weighted by molar-refractivity contribution is 9.10. The Kier molecular flexibility index (Phi) is 6.44. The summed E-state index contributed by atoms with van der Waals surface area (Å²) < 4.78 is 28.2. The molecule has 0 spiro atoms. The van der Waals surface area contributed by atoms with Crippen LogP contribution >= 0.6 is 15.9 Å². The Labute approximate surface area is 142 Å². The summed E-state index contributed by atoms with van der Waals surface area (Å²) in [6.07, 6.45) is 3.46. The second-order valence-electron chi connectivity index (χ2n) is 6.34. The van der Waals surface area contributed by atoms with Crippen molar-refractivity contribution >= 4 is 26.0 Å². The molecule has 0 saturated carbocycles. The van der Waals surface area contributed by atoms with Crippen LogP contribution in [0.25, 0.3) is 0 Å². The monoisotopic (exact) mass is 389 g/mol. The van der Waals surface area contributed by atoms with E-state index in [1.54, 1.807) is 11.0 Å². The van der Waals surface area contributed by atoms with Gasteiger partial charge in [0, 0.05) is 17.4 Å². The highest BCUT2D eigenvalue weighted by Gasteiger charge is 2.19. The average Bonchev–Trinajstić information content (AvgIpc) is 2.48. The maximum Gasteiger partial charge on any atom is 0.240 e. The molecule has 1 fully saturated rings. The second-order valence-corrected chi connectivity index (χ2v) is 8.99. The third-order valence-electron chi connectivity index (χ3n) is 4.42. The van der Waals surface area contributed by atoms with Gasteiger partial charge in [0.05, 0.1) is 24.5 Å². The SMILES string of the molecule is Cc1ccc(Br)cc1S(=O)(=O)NCCC[NH+]1CCC(C)CC1. The minimum absolute atomic E-state index is 0.362. The third kappa shape index (κ3) is 5.05. The number of benzene rings is 1. The molecule has 6 heteroatoms. The number of rotatable bonds is 6. The van der Waals surface area contributed by atoms with Crippen molar-refractivity contribution in [3.63, 3.8) is 0 Å². The first kappa shape index (κ1) is 17.9. The van der Waals surface area contributed by atoms with Gasteiger partial charge in [0.25, 0.3) is 0 Å². The summed E-state index contributed by atoms with van der Waals surface area (Å²) in [6.45, 7) is 8.13. The third-order valence-corrected chi connectivity index (χ3v) is 6.52. The van der Waals surface area contributed by atoms with Gasteiger partial charge in [-0.05, 0) is 43.4 Å². The van der Waals surface area contributed by atoms with Crippen LogP contribution in [0.15, 0.2) is 27.6 Å². The summed E-state index contributed by atoms with van der Waals surface area (Å²) in [7, 11) is -3.41. The molecule has 2 rings (SSSR count). The van der Waals surface area contributed by atoms with Crippen LogP contribution in [0.5, 0.6) is 0 Å². The van der Waals surface area contributed by atoms with Crippen LogP contribution < -0.4 is 9.62 Å². The zero-order valence-corrected chi connectivity index (χ0v) is 15.8. The van der Waals surface area contributed by atoms with E-state index < -0.39 is 10.0 Å². The van der Waals surface area contributed by atoms with Crippen LogP contribution in [0.4, 0.5) is 0 Å². The van der Waals surface area contributed by atoms with E-state index in [-0.39, 0.29) is 0 Å². The number of hydrogen-bond donors (Lipinski definition) is 2. The van der Waals surface area contributed by atoms with Crippen molar-refractivity contribution in [2.45, 2.75) is 38.0 Å². The predicted octanol–water partition coefficient (Wildman–Crippen LogP) is 1.74.